The molecule has 3 N–H and O–H groups in total. The van der Waals surface area contributed by atoms with Gasteiger partial charge in [0, 0.05) is 6.42 Å². The van der Waals surface area contributed by atoms with Gasteiger partial charge >= 0.3 is 0 Å². The predicted octanol–water partition coefficient (Wildman–Crippen LogP) is 18.4. The maximum absolute atomic E-state index is 12.5. The topological polar surface area (TPSA) is 69.6 Å². The Morgan fingerprint density at radius 3 is 0.750 bits per heavy atom. The van der Waals surface area contributed by atoms with Gasteiger partial charge < -0.3 is 15.5 Å². The molecule has 60 heavy (non-hydrogen) atoms. The molecule has 2 atom stereocenters. The highest BCUT2D eigenvalue weighted by Gasteiger charge is 2.20. The number of aliphatic hydroxyl groups excluding tert-OH is 2. The molecular weight excluding hydrogens is 735 g/mol. The molecule has 0 fully saturated rings. The molecule has 360 valence electrons. The van der Waals surface area contributed by atoms with E-state index in [1.54, 1.807) is 0 Å². The Morgan fingerprint density at radius 2 is 0.533 bits per heavy atom. The van der Waals surface area contributed by atoms with Gasteiger partial charge in [0.1, 0.15) is 0 Å². The lowest BCUT2D eigenvalue weighted by atomic mass is 10.0. The molecule has 4 heteroatoms. The molecule has 0 heterocycles. The van der Waals surface area contributed by atoms with Crippen LogP contribution in [-0.4, -0.2) is 34.9 Å². The van der Waals surface area contributed by atoms with E-state index in [1.807, 2.05) is 0 Å². The van der Waals surface area contributed by atoms with Gasteiger partial charge in [0.15, 0.2) is 0 Å². The molecule has 0 rings (SSSR count). The number of unbranched alkanes of at least 4 members (excludes halogenated alkanes) is 46. The fourth-order valence-corrected chi connectivity index (χ4v) is 9.31. The predicted molar refractivity (Wildman–Crippen MR) is 267 cm³/mol. The van der Waals surface area contributed by atoms with Gasteiger partial charge in [0.25, 0.3) is 0 Å². The third-order valence-corrected chi connectivity index (χ3v) is 13.6. The summed E-state index contributed by atoms with van der Waals surface area (Å²) in [5, 5.41) is 23.3. The van der Waals surface area contributed by atoms with Crippen LogP contribution in [0.1, 0.15) is 335 Å². The SMILES string of the molecule is CCCCCCCCCCCCCCCCCCCCCCCCCCCCCCCCCCCCC(=O)NC(CO)C(O)CCCCCCCCCCCCCCCC. The highest BCUT2D eigenvalue weighted by molar-refractivity contribution is 5.76. The molecule has 2 unspecified atom stereocenters. The second kappa shape index (κ2) is 52.7. The van der Waals surface area contributed by atoms with Gasteiger partial charge in [-0.1, -0.05) is 316 Å². The van der Waals surface area contributed by atoms with E-state index in [9.17, 15) is 15.0 Å². The summed E-state index contributed by atoms with van der Waals surface area (Å²) in [7, 11) is 0. The van der Waals surface area contributed by atoms with Crippen molar-refractivity contribution < 1.29 is 15.0 Å². The van der Waals surface area contributed by atoms with Crippen molar-refractivity contribution >= 4 is 5.91 Å². The number of rotatable bonds is 53. The first-order valence-electron chi connectivity index (χ1n) is 28.2. The summed E-state index contributed by atoms with van der Waals surface area (Å²) >= 11 is 0. The van der Waals surface area contributed by atoms with Crippen molar-refractivity contribution in [2.45, 2.75) is 347 Å². The maximum atomic E-state index is 12.5. The van der Waals surface area contributed by atoms with Crippen molar-refractivity contribution in [1.29, 1.82) is 0 Å². The second-order valence-electron chi connectivity index (χ2n) is 19.7. The first kappa shape index (κ1) is 59.4. The van der Waals surface area contributed by atoms with Crippen LogP contribution in [-0.2, 0) is 4.79 Å². The Bertz CT molecular complexity index is 788. The average molecular weight is 849 g/mol. The largest absolute Gasteiger partial charge is 0.394 e. The van der Waals surface area contributed by atoms with Gasteiger partial charge in [-0.2, -0.15) is 0 Å². The quantitative estimate of drug-likeness (QED) is 0.0534. The molecule has 0 radical (unpaired) electrons. The zero-order valence-corrected chi connectivity index (χ0v) is 41.5. The van der Waals surface area contributed by atoms with Crippen LogP contribution in [0.2, 0.25) is 0 Å². The number of hydrogen-bond acceptors (Lipinski definition) is 3. The van der Waals surface area contributed by atoms with Gasteiger partial charge in [-0.25, -0.2) is 0 Å². The average Bonchev–Trinajstić information content (AvgIpc) is 3.25. The van der Waals surface area contributed by atoms with Gasteiger partial charge in [-0.3, -0.25) is 4.79 Å². The third-order valence-electron chi connectivity index (χ3n) is 13.6. The minimum atomic E-state index is -0.653. The molecule has 0 aromatic carbocycles. The Hall–Kier alpha value is -0.610. The monoisotopic (exact) mass is 848 g/mol. The lowest BCUT2D eigenvalue weighted by Crippen LogP contribution is -2.45. The van der Waals surface area contributed by atoms with Crippen LogP contribution < -0.4 is 5.32 Å². The summed E-state index contributed by atoms with van der Waals surface area (Å²) in [6, 6.07) is -0.530. The Balaban J connectivity index is 3.34. The molecule has 0 aromatic heterocycles. The third kappa shape index (κ3) is 48.4. The summed E-state index contributed by atoms with van der Waals surface area (Å²) in [4.78, 5) is 12.5. The van der Waals surface area contributed by atoms with Crippen molar-refractivity contribution in [3.05, 3.63) is 0 Å². The number of hydrogen-bond donors (Lipinski definition) is 3. The fourth-order valence-electron chi connectivity index (χ4n) is 9.31. The molecule has 0 saturated carbocycles. The molecule has 0 bridgehead atoms. The van der Waals surface area contributed by atoms with E-state index in [0.29, 0.717) is 12.8 Å². The Kier molecular flexibility index (Phi) is 52.2. The molecule has 0 aliphatic heterocycles. The standard InChI is InChI=1S/C56H113NO3/c1-3-5-7-9-11-13-15-17-19-20-21-22-23-24-25-26-27-28-29-30-31-32-33-34-35-36-37-38-40-42-44-46-48-50-52-56(60)57-54(53-58)55(59)51-49-47-45-43-41-39-18-16-14-12-10-8-6-4-2/h54-55,58-59H,3-53H2,1-2H3,(H,57,60). The fraction of sp³-hybridized carbons (Fsp3) is 0.982. The van der Waals surface area contributed by atoms with E-state index in [2.05, 4.69) is 19.2 Å². The van der Waals surface area contributed by atoms with Gasteiger partial charge in [-0.15, -0.1) is 0 Å². The molecule has 1 amide bonds. The smallest absolute Gasteiger partial charge is 0.220 e. The van der Waals surface area contributed by atoms with Crippen LogP contribution in [0.5, 0.6) is 0 Å². The molecule has 0 saturated heterocycles. The Morgan fingerprint density at radius 1 is 0.333 bits per heavy atom. The van der Waals surface area contributed by atoms with Crippen LogP contribution in [0.4, 0.5) is 0 Å². The van der Waals surface area contributed by atoms with E-state index in [-0.39, 0.29) is 12.5 Å². The zero-order chi connectivity index (χ0) is 43.5. The van der Waals surface area contributed by atoms with Crippen molar-refractivity contribution in [1.82, 2.24) is 5.32 Å². The second-order valence-corrected chi connectivity index (χ2v) is 19.7. The Labute approximate surface area is 378 Å². The molecule has 4 nitrogen and oxygen atoms in total. The van der Waals surface area contributed by atoms with Gasteiger partial charge in [0.2, 0.25) is 5.91 Å². The van der Waals surface area contributed by atoms with Gasteiger partial charge in [-0.05, 0) is 12.8 Å². The molecule has 0 aromatic rings. The summed E-state index contributed by atoms with van der Waals surface area (Å²) in [5.74, 6) is -0.0232. The van der Waals surface area contributed by atoms with Crippen molar-refractivity contribution in [3.8, 4) is 0 Å². The lowest BCUT2D eigenvalue weighted by Gasteiger charge is -2.22. The van der Waals surface area contributed by atoms with E-state index in [4.69, 9.17) is 0 Å². The number of nitrogens with one attached hydrogen (secondary N) is 1. The van der Waals surface area contributed by atoms with Crippen molar-refractivity contribution in [3.63, 3.8) is 0 Å². The number of aliphatic hydroxyl groups is 2. The van der Waals surface area contributed by atoms with E-state index in [0.717, 1.165) is 25.7 Å². The summed E-state index contributed by atoms with van der Waals surface area (Å²) in [6.07, 6.45) is 66.8. The number of carbonyl (C=O) groups excluding carboxylic acids is 1. The molecular formula is C56H113NO3. The van der Waals surface area contributed by atoms with Crippen LogP contribution in [0.25, 0.3) is 0 Å². The van der Waals surface area contributed by atoms with Crippen molar-refractivity contribution in [2.75, 3.05) is 6.61 Å². The van der Waals surface area contributed by atoms with E-state index >= 15 is 0 Å². The molecule has 0 aliphatic carbocycles. The van der Waals surface area contributed by atoms with Crippen LogP contribution in [0.15, 0.2) is 0 Å². The minimum absolute atomic E-state index is 0.0232. The molecule has 0 spiro atoms. The summed E-state index contributed by atoms with van der Waals surface area (Å²) < 4.78 is 0. The first-order chi connectivity index (χ1) is 29.7. The number of carbonyl (C=O) groups is 1. The zero-order valence-electron chi connectivity index (χ0n) is 41.5. The van der Waals surface area contributed by atoms with Crippen LogP contribution in [0, 0.1) is 0 Å². The van der Waals surface area contributed by atoms with Crippen LogP contribution in [0.3, 0.4) is 0 Å². The highest BCUT2D eigenvalue weighted by Crippen LogP contribution is 2.18. The van der Waals surface area contributed by atoms with Crippen molar-refractivity contribution in [2.24, 2.45) is 0 Å². The first-order valence-corrected chi connectivity index (χ1v) is 28.2. The van der Waals surface area contributed by atoms with Crippen LogP contribution >= 0.6 is 0 Å². The van der Waals surface area contributed by atoms with E-state index < -0.39 is 12.1 Å². The lowest BCUT2D eigenvalue weighted by molar-refractivity contribution is -0.123. The minimum Gasteiger partial charge on any atom is -0.394 e. The highest BCUT2D eigenvalue weighted by atomic mass is 16.3. The van der Waals surface area contributed by atoms with Gasteiger partial charge in [0.05, 0.1) is 18.8 Å². The number of amides is 1. The molecule has 0 aliphatic rings. The normalized spacial score (nSPS) is 12.7. The van der Waals surface area contributed by atoms with E-state index in [1.165, 1.54) is 283 Å². The summed E-state index contributed by atoms with van der Waals surface area (Å²) in [5.41, 5.74) is 0. The summed E-state index contributed by atoms with van der Waals surface area (Å²) in [6.45, 7) is 4.39. The maximum Gasteiger partial charge on any atom is 0.220 e.